The summed E-state index contributed by atoms with van der Waals surface area (Å²) in [5.74, 6) is -0.112. The molecule has 1 aromatic carbocycles. The fourth-order valence-corrected chi connectivity index (χ4v) is 3.07. The molecular formula is C18H24ClNO3. The number of hydrogen-bond acceptors (Lipinski definition) is 4. The molecule has 0 bridgehead atoms. The summed E-state index contributed by atoms with van der Waals surface area (Å²) in [7, 11) is 0. The third-order valence-electron chi connectivity index (χ3n) is 3.85. The van der Waals surface area contributed by atoms with E-state index in [0.717, 1.165) is 44.3 Å². The van der Waals surface area contributed by atoms with Gasteiger partial charge in [-0.3, -0.25) is 14.5 Å². The van der Waals surface area contributed by atoms with Crippen LogP contribution in [0.4, 0.5) is 0 Å². The first-order valence-electron chi connectivity index (χ1n) is 7.97. The number of carbonyl (C=O) groups is 2. The Kier molecular flexibility index (Phi) is 5.82. The maximum atomic E-state index is 12.1. The summed E-state index contributed by atoms with van der Waals surface area (Å²) >= 11 is 6.03. The van der Waals surface area contributed by atoms with Gasteiger partial charge in [0.25, 0.3) is 0 Å². The Hall–Kier alpha value is -1.39. The van der Waals surface area contributed by atoms with Crippen LogP contribution in [0.3, 0.4) is 0 Å². The van der Waals surface area contributed by atoms with Gasteiger partial charge in [0.1, 0.15) is 11.9 Å². The van der Waals surface area contributed by atoms with Crippen molar-refractivity contribution in [3.63, 3.8) is 0 Å². The van der Waals surface area contributed by atoms with Crippen molar-refractivity contribution in [2.45, 2.75) is 45.8 Å². The second-order valence-electron chi connectivity index (χ2n) is 7.09. The van der Waals surface area contributed by atoms with Crippen molar-refractivity contribution >= 4 is 23.9 Å². The molecule has 2 rings (SSSR count). The summed E-state index contributed by atoms with van der Waals surface area (Å²) in [5.41, 5.74) is 1.19. The molecule has 5 heteroatoms. The van der Waals surface area contributed by atoms with Gasteiger partial charge in [-0.25, -0.2) is 0 Å². The lowest BCUT2D eigenvalue weighted by molar-refractivity contribution is -0.161. The molecule has 0 aliphatic carbocycles. The summed E-state index contributed by atoms with van der Waals surface area (Å²) in [6.45, 7) is 8.10. The van der Waals surface area contributed by atoms with Gasteiger partial charge < -0.3 is 4.74 Å². The molecule has 1 heterocycles. The van der Waals surface area contributed by atoms with Crippen LogP contribution in [0.1, 0.15) is 49.5 Å². The number of ether oxygens (including phenoxy) is 1. The van der Waals surface area contributed by atoms with Crippen LogP contribution in [0.5, 0.6) is 0 Å². The number of carbonyl (C=O) groups excluding carboxylic acids is 2. The van der Waals surface area contributed by atoms with Crippen molar-refractivity contribution < 1.29 is 14.3 Å². The lowest BCUT2D eigenvalue weighted by Crippen LogP contribution is -2.38. The summed E-state index contributed by atoms with van der Waals surface area (Å²) in [5, 5.41) is 0.577. The zero-order valence-electron chi connectivity index (χ0n) is 14.0. The molecule has 0 N–H and O–H groups in total. The number of halogens is 1. The summed E-state index contributed by atoms with van der Waals surface area (Å²) in [6.07, 6.45) is 2.41. The van der Waals surface area contributed by atoms with E-state index in [9.17, 15) is 9.59 Å². The van der Waals surface area contributed by atoms with Crippen LogP contribution in [0.25, 0.3) is 0 Å². The van der Waals surface area contributed by atoms with Gasteiger partial charge in [0.2, 0.25) is 0 Å². The Labute approximate surface area is 142 Å². The SMILES string of the molecule is CC(C)(C)OC(=O)C1CCN(Cc2cc(Cl)cc(C=O)c2)CC1. The first-order chi connectivity index (χ1) is 10.8. The maximum Gasteiger partial charge on any atom is 0.309 e. The molecular weight excluding hydrogens is 314 g/mol. The highest BCUT2D eigenvalue weighted by molar-refractivity contribution is 6.30. The standard InChI is InChI=1S/C18H24ClNO3/c1-18(2,3)23-17(22)15-4-6-20(7-5-15)11-13-8-14(12-21)10-16(19)9-13/h8-10,12,15H,4-7,11H2,1-3H3. The highest BCUT2D eigenvalue weighted by Crippen LogP contribution is 2.23. The van der Waals surface area contributed by atoms with Gasteiger partial charge in [-0.2, -0.15) is 0 Å². The number of nitrogens with zero attached hydrogens (tertiary/aromatic N) is 1. The molecule has 23 heavy (non-hydrogen) atoms. The summed E-state index contributed by atoms with van der Waals surface area (Å²) < 4.78 is 5.46. The Morgan fingerprint density at radius 1 is 1.30 bits per heavy atom. The zero-order chi connectivity index (χ0) is 17.0. The van der Waals surface area contributed by atoms with Gasteiger partial charge in [-0.05, 0) is 70.5 Å². The monoisotopic (exact) mass is 337 g/mol. The number of hydrogen-bond donors (Lipinski definition) is 0. The van der Waals surface area contributed by atoms with Crippen molar-refractivity contribution in [3.8, 4) is 0 Å². The summed E-state index contributed by atoms with van der Waals surface area (Å²) in [6, 6.07) is 5.40. The van der Waals surface area contributed by atoms with Gasteiger partial charge in [0, 0.05) is 17.1 Å². The number of piperidine rings is 1. The van der Waals surface area contributed by atoms with Crippen LogP contribution in [0.15, 0.2) is 18.2 Å². The molecule has 1 saturated heterocycles. The minimum atomic E-state index is -0.430. The van der Waals surface area contributed by atoms with E-state index in [1.807, 2.05) is 32.9 Å². The average molecular weight is 338 g/mol. The van der Waals surface area contributed by atoms with Crippen molar-refractivity contribution in [1.82, 2.24) is 4.90 Å². The van der Waals surface area contributed by atoms with E-state index >= 15 is 0 Å². The number of aldehydes is 1. The third-order valence-corrected chi connectivity index (χ3v) is 4.07. The number of rotatable bonds is 4. The Morgan fingerprint density at radius 3 is 2.52 bits per heavy atom. The lowest BCUT2D eigenvalue weighted by atomic mass is 9.96. The fraction of sp³-hybridized carbons (Fsp3) is 0.556. The van der Waals surface area contributed by atoms with E-state index in [1.165, 1.54) is 0 Å². The first-order valence-corrected chi connectivity index (χ1v) is 8.34. The van der Waals surface area contributed by atoms with Crippen LogP contribution >= 0.6 is 11.6 Å². The number of esters is 1. The summed E-state index contributed by atoms with van der Waals surface area (Å²) in [4.78, 5) is 25.3. The predicted molar refractivity (Wildman–Crippen MR) is 90.7 cm³/mol. The third kappa shape index (κ3) is 5.63. The Balaban J connectivity index is 1.89. The fourth-order valence-electron chi connectivity index (χ4n) is 2.80. The molecule has 0 atom stereocenters. The molecule has 0 spiro atoms. The number of likely N-dealkylation sites (tertiary alicyclic amines) is 1. The second-order valence-corrected chi connectivity index (χ2v) is 7.53. The molecule has 1 aliphatic rings. The largest absolute Gasteiger partial charge is 0.460 e. The molecule has 4 nitrogen and oxygen atoms in total. The van der Waals surface area contributed by atoms with Gasteiger partial charge in [-0.1, -0.05) is 11.6 Å². The molecule has 0 saturated carbocycles. The van der Waals surface area contributed by atoms with E-state index in [-0.39, 0.29) is 11.9 Å². The van der Waals surface area contributed by atoms with Crippen molar-refractivity contribution in [1.29, 1.82) is 0 Å². The van der Waals surface area contributed by atoms with Crippen LogP contribution in [0.2, 0.25) is 5.02 Å². The van der Waals surface area contributed by atoms with Crippen molar-refractivity contribution in [2.24, 2.45) is 5.92 Å². The first kappa shape index (κ1) is 18.0. The van der Waals surface area contributed by atoms with Gasteiger partial charge in [0.05, 0.1) is 5.92 Å². The molecule has 0 amide bonds. The molecule has 1 aliphatic heterocycles. The minimum Gasteiger partial charge on any atom is -0.460 e. The van der Waals surface area contributed by atoms with E-state index in [2.05, 4.69) is 4.90 Å². The van der Waals surface area contributed by atoms with E-state index < -0.39 is 5.60 Å². The highest BCUT2D eigenvalue weighted by Gasteiger charge is 2.29. The molecule has 0 unspecified atom stereocenters. The topological polar surface area (TPSA) is 46.6 Å². The Bertz CT molecular complexity index is 572. The molecule has 1 fully saturated rings. The zero-order valence-corrected chi connectivity index (χ0v) is 14.7. The van der Waals surface area contributed by atoms with E-state index in [4.69, 9.17) is 16.3 Å². The van der Waals surface area contributed by atoms with Gasteiger partial charge >= 0.3 is 5.97 Å². The van der Waals surface area contributed by atoms with E-state index in [0.29, 0.717) is 10.6 Å². The molecule has 1 aromatic rings. The van der Waals surface area contributed by atoms with Crippen LogP contribution < -0.4 is 0 Å². The normalized spacial score (nSPS) is 17.0. The van der Waals surface area contributed by atoms with E-state index in [1.54, 1.807) is 6.07 Å². The quantitative estimate of drug-likeness (QED) is 0.620. The van der Waals surface area contributed by atoms with Crippen LogP contribution in [-0.4, -0.2) is 35.8 Å². The van der Waals surface area contributed by atoms with Crippen LogP contribution in [-0.2, 0) is 16.1 Å². The highest BCUT2D eigenvalue weighted by atomic mass is 35.5. The smallest absolute Gasteiger partial charge is 0.309 e. The van der Waals surface area contributed by atoms with Gasteiger partial charge in [0.15, 0.2) is 0 Å². The molecule has 126 valence electrons. The lowest BCUT2D eigenvalue weighted by Gasteiger charge is -2.32. The minimum absolute atomic E-state index is 0.0182. The van der Waals surface area contributed by atoms with Crippen molar-refractivity contribution in [3.05, 3.63) is 34.3 Å². The van der Waals surface area contributed by atoms with Crippen LogP contribution in [0, 0.1) is 5.92 Å². The van der Waals surface area contributed by atoms with Gasteiger partial charge in [-0.15, -0.1) is 0 Å². The average Bonchev–Trinajstić information content (AvgIpc) is 2.45. The molecule has 0 aromatic heterocycles. The Morgan fingerprint density at radius 2 is 1.96 bits per heavy atom. The molecule has 0 radical (unpaired) electrons. The number of benzene rings is 1. The maximum absolute atomic E-state index is 12.1. The van der Waals surface area contributed by atoms with Crippen molar-refractivity contribution in [2.75, 3.05) is 13.1 Å². The predicted octanol–water partition coefficient (Wildman–Crippen LogP) is 3.71. The second kappa shape index (κ2) is 7.45.